The Bertz CT molecular complexity index is 414. The van der Waals surface area contributed by atoms with Gasteiger partial charge in [-0.1, -0.05) is 0 Å². The van der Waals surface area contributed by atoms with Crippen LogP contribution in [0.5, 0.6) is 0 Å². The van der Waals surface area contributed by atoms with Gasteiger partial charge in [0.2, 0.25) is 0 Å². The summed E-state index contributed by atoms with van der Waals surface area (Å²) in [6.45, 7) is 0. The third-order valence-corrected chi connectivity index (χ3v) is 8.38. The van der Waals surface area contributed by atoms with Crippen molar-refractivity contribution in [1.29, 1.82) is 0 Å². The quantitative estimate of drug-likeness (QED) is 0.486. The summed E-state index contributed by atoms with van der Waals surface area (Å²) in [4.78, 5) is 0. The average molecular weight is 413 g/mol. The first-order valence-electron chi connectivity index (χ1n) is 3.01. The molecule has 0 spiro atoms. The van der Waals surface area contributed by atoms with Crippen molar-refractivity contribution in [3.63, 3.8) is 0 Å². The molecule has 0 bridgehead atoms. The summed E-state index contributed by atoms with van der Waals surface area (Å²) in [7, 11) is -12.3. The minimum absolute atomic E-state index is 3.06. The fourth-order valence-corrected chi connectivity index (χ4v) is 5.25. The molecule has 6 nitrogen and oxygen atoms in total. The van der Waals surface area contributed by atoms with Crippen LogP contribution < -0.4 is 0 Å². The van der Waals surface area contributed by atoms with Crippen LogP contribution in [0.15, 0.2) is 0 Å². The maximum absolute atomic E-state index is 11.6. The van der Waals surface area contributed by atoms with Gasteiger partial charge in [0.05, 0.1) is 0 Å². The van der Waals surface area contributed by atoms with Crippen molar-refractivity contribution in [3.8, 4) is 0 Å². The molecule has 101 valence electrons. The van der Waals surface area contributed by atoms with Crippen LogP contribution in [-0.2, 0) is 24.8 Å². The molecule has 0 aromatic rings. The van der Waals surface area contributed by atoms with Crippen molar-refractivity contribution in [1.82, 2.24) is 0 Å². The van der Waals surface area contributed by atoms with Gasteiger partial charge < -0.3 is 0 Å². The summed E-state index contributed by atoms with van der Waals surface area (Å²) >= 11 is -4.05. The van der Waals surface area contributed by atoms with E-state index in [2.05, 4.69) is 4.60 Å². The molecular weight excluding hydrogens is 413 g/mol. The SMILES string of the molecule is O=S(=O)([O][In][O]S(=O)(=O)C(F)(F)F)C(F)(F)F. The van der Waals surface area contributed by atoms with E-state index in [0.717, 1.165) is 0 Å². The Morgan fingerprint density at radius 3 is 1.12 bits per heavy atom. The molecule has 0 unspecified atom stereocenters. The number of halogens is 6. The van der Waals surface area contributed by atoms with Crippen LogP contribution in [0.4, 0.5) is 26.3 Å². The van der Waals surface area contributed by atoms with Gasteiger partial charge >= 0.3 is 103 Å². The van der Waals surface area contributed by atoms with E-state index in [1.54, 1.807) is 0 Å². The first-order chi connectivity index (χ1) is 7.21. The molecule has 0 saturated heterocycles. The zero-order chi connectivity index (χ0) is 14.1. The van der Waals surface area contributed by atoms with Crippen molar-refractivity contribution in [2.45, 2.75) is 11.0 Å². The third-order valence-electron chi connectivity index (χ3n) is 0.899. The second-order valence-corrected chi connectivity index (χ2v) is 9.06. The van der Waals surface area contributed by atoms with Gasteiger partial charge in [0.15, 0.2) is 0 Å². The standard InChI is InChI=1S/2CHF3O3S.In/c2*2-1(3,4)8(5,6)7;/h2*(H,5,6,7);/q;;+2/p-2. The van der Waals surface area contributed by atoms with Crippen LogP contribution in [0.1, 0.15) is 0 Å². The molecule has 1 radical (unpaired) electrons. The van der Waals surface area contributed by atoms with Gasteiger partial charge in [-0.25, -0.2) is 0 Å². The molecule has 0 aliphatic heterocycles. The third kappa shape index (κ3) is 4.80. The summed E-state index contributed by atoms with van der Waals surface area (Å²) in [6.07, 6.45) is 0. The summed E-state index contributed by atoms with van der Waals surface area (Å²) < 4.78 is 116. The monoisotopic (exact) mass is 413 g/mol. The number of rotatable bonds is 4. The van der Waals surface area contributed by atoms with Crippen LogP contribution >= 0.6 is 0 Å². The van der Waals surface area contributed by atoms with Crippen LogP contribution in [0.3, 0.4) is 0 Å². The molecule has 0 rings (SSSR count). The van der Waals surface area contributed by atoms with Crippen LogP contribution in [-0.4, -0.2) is 51.6 Å². The Kier molecular flexibility index (Phi) is 5.18. The molecule has 17 heavy (non-hydrogen) atoms. The van der Waals surface area contributed by atoms with E-state index >= 15 is 0 Å². The second kappa shape index (κ2) is 5.10. The van der Waals surface area contributed by atoms with Crippen LogP contribution in [0.25, 0.3) is 0 Å². The van der Waals surface area contributed by atoms with E-state index in [1.165, 1.54) is 0 Å². The zero-order valence-electron chi connectivity index (χ0n) is 7.11. The Labute approximate surface area is 103 Å². The molecular formula is C2F6InO6S2. The van der Waals surface area contributed by atoms with E-state index in [1.807, 2.05) is 0 Å². The molecule has 0 N–H and O–H groups in total. The topological polar surface area (TPSA) is 86.7 Å². The van der Waals surface area contributed by atoms with Crippen molar-refractivity contribution in [3.05, 3.63) is 0 Å². The fourth-order valence-electron chi connectivity index (χ4n) is 0.229. The van der Waals surface area contributed by atoms with Crippen molar-refractivity contribution in [2.24, 2.45) is 0 Å². The predicted octanol–water partition coefficient (Wildman–Crippen LogP) is 0.253. The van der Waals surface area contributed by atoms with Gasteiger partial charge in [-0.2, -0.15) is 0 Å². The molecule has 0 aliphatic rings. The zero-order valence-corrected chi connectivity index (χ0v) is 12.0. The molecule has 0 heterocycles. The second-order valence-electron chi connectivity index (χ2n) is 2.09. The number of hydrogen-bond donors (Lipinski definition) is 0. The molecule has 0 aliphatic carbocycles. The molecule has 0 saturated carbocycles. The summed E-state index contributed by atoms with van der Waals surface area (Å²) in [5.74, 6) is 0. The number of hydrogen-bond acceptors (Lipinski definition) is 6. The first kappa shape index (κ1) is 17.3. The predicted molar refractivity (Wildman–Crippen MR) is 37.9 cm³/mol. The Balaban J connectivity index is 4.58. The molecule has 0 amide bonds. The van der Waals surface area contributed by atoms with E-state index in [4.69, 9.17) is 0 Å². The van der Waals surface area contributed by atoms with Crippen LogP contribution in [0.2, 0.25) is 0 Å². The molecule has 0 aromatic carbocycles. The van der Waals surface area contributed by atoms with Gasteiger partial charge in [0.1, 0.15) is 0 Å². The first-order valence-corrected chi connectivity index (χ1v) is 8.52. The Morgan fingerprint density at radius 1 is 0.706 bits per heavy atom. The van der Waals surface area contributed by atoms with Crippen LogP contribution in [0, 0.1) is 0 Å². The van der Waals surface area contributed by atoms with Gasteiger partial charge in [0.25, 0.3) is 0 Å². The van der Waals surface area contributed by atoms with Gasteiger partial charge in [-0.05, 0) is 0 Å². The number of alkyl halides is 6. The normalized spacial score (nSPS) is 14.7. The molecule has 0 atom stereocenters. The van der Waals surface area contributed by atoms with Gasteiger partial charge in [-0.3, -0.25) is 0 Å². The average Bonchev–Trinajstić information content (AvgIpc) is 1.98. The van der Waals surface area contributed by atoms with Crippen molar-refractivity contribution >= 4 is 44.0 Å². The van der Waals surface area contributed by atoms with Crippen molar-refractivity contribution < 1.29 is 47.8 Å². The van der Waals surface area contributed by atoms with E-state index < -0.39 is 55.0 Å². The molecule has 0 aromatic heterocycles. The van der Waals surface area contributed by atoms with Gasteiger partial charge in [0, 0.05) is 0 Å². The maximum atomic E-state index is 11.6. The van der Waals surface area contributed by atoms with Crippen molar-refractivity contribution in [2.75, 3.05) is 0 Å². The molecule has 0 fully saturated rings. The van der Waals surface area contributed by atoms with Gasteiger partial charge in [-0.15, -0.1) is 0 Å². The van der Waals surface area contributed by atoms with E-state index in [0.29, 0.717) is 0 Å². The van der Waals surface area contributed by atoms with E-state index in [9.17, 15) is 43.2 Å². The summed E-state index contributed by atoms with van der Waals surface area (Å²) in [5.41, 5.74) is -11.7. The Morgan fingerprint density at radius 2 is 0.941 bits per heavy atom. The Hall–Kier alpha value is 0.270. The molecule has 15 heteroatoms. The fraction of sp³-hybridized carbons (Fsp3) is 1.00. The summed E-state index contributed by atoms with van der Waals surface area (Å²) in [5, 5.41) is 0. The minimum atomic E-state index is -6.14. The summed E-state index contributed by atoms with van der Waals surface area (Å²) in [6, 6.07) is 0. The van der Waals surface area contributed by atoms with E-state index in [-0.39, 0.29) is 0 Å².